The molecule has 1 amide bonds. The van der Waals surface area contributed by atoms with Gasteiger partial charge < -0.3 is 10.6 Å². The van der Waals surface area contributed by atoms with Crippen LogP contribution in [0.2, 0.25) is 0 Å². The van der Waals surface area contributed by atoms with Gasteiger partial charge in [-0.05, 0) is 62.9 Å². The van der Waals surface area contributed by atoms with Crippen molar-refractivity contribution in [3.63, 3.8) is 0 Å². The second-order valence-electron chi connectivity index (χ2n) is 6.36. The molecule has 1 unspecified atom stereocenters. The number of hydrogen-bond donors (Lipinski definition) is 2. The monoisotopic (exact) mass is 374 g/mol. The zero-order valence-corrected chi connectivity index (χ0v) is 15.9. The maximum absolute atomic E-state index is 12.1. The first-order valence-electron chi connectivity index (χ1n) is 8.16. The van der Waals surface area contributed by atoms with E-state index in [4.69, 9.17) is 0 Å². The SMILES string of the molecule is CC(NC(=O)CCC1CCNCC1)c1ccc(S(C)(=O)=O)cc1.Cl. The largest absolute Gasteiger partial charge is 0.350 e. The molecule has 5 nitrogen and oxygen atoms in total. The predicted octanol–water partition coefficient (Wildman–Crippen LogP) is 2.47. The molecule has 1 aromatic carbocycles. The molecule has 24 heavy (non-hydrogen) atoms. The van der Waals surface area contributed by atoms with Crippen molar-refractivity contribution in [3.8, 4) is 0 Å². The minimum absolute atomic E-state index is 0. The van der Waals surface area contributed by atoms with E-state index in [2.05, 4.69) is 10.6 Å². The van der Waals surface area contributed by atoms with Crippen molar-refractivity contribution >= 4 is 28.2 Å². The Balaban J connectivity index is 0.00000288. The molecule has 1 heterocycles. The molecule has 136 valence electrons. The van der Waals surface area contributed by atoms with E-state index in [1.807, 2.05) is 6.92 Å². The highest BCUT2D eigenvalue weighted by Gasteiger charge is 2.16. The molecule has 1 aliphatic rings. The number of rotatable bonds is 6. The fourth-order valence-corrected chi connectivity index (χ4v) is 3.54. The molecule has 2 N–H and O–H groups in total. The van der Waals surface area contributed by atoms with Crippen molar-refractivity contribution in [2.45, 2.75) is 43.5 Å². The van der Waals surface area contributed by atoms with Gasteiger partial charge in [0.1, 0.15) is 0 Å². The summed E-state index contributed by atoms with van der Waals surface area (Å²) in [4.78, 5) is 12.4. The minimum Gasteiger partial charge on any atom is -0.350 e. The van der Waals surface area contributed by atoms with Crippen molar-refractivity contribution in [1.29, 1.82) is 0 Å². The lowest BCUT2D eigenvalue weighted by atomic mass is 9.93. The first kappa shape index (κ1) is 20.9. The molecule has 1 aliphatic heterocycles. The summed E-state index contributed by atoms with van der Waals surface area (Å²) in [6, 6.07) is 6.57. The van der Waals surface area contributed by atoms with Crippen molar-refractivity contribution in [3.05, 3.63) is 29.8 Å². The number of carbonyl (C=O) groups is 1. The van der Waals surface area contributed by atoms with Crippen LogP contribution in [0, 0.1) is 5.92 Å². The van der Waals surface area contributed by atoms with Crippen molar-refractivity contribution in [1.82, 2.24) is 10.6 Å². The summed E-state index contributed by atoms with van der Waals surface area (Å²) in [6.45, 7) is 4.02. The van der Waals surface area contributed by atoms with Crippen LogP contribution in [0.15, 0.2) is 29.2 Å². The summed E-state index contributed by atoms with van der Waals surface area (Å²) >= 11 is 0. The Morgan fingerprint density at radius 1 is 1.25 bits per heavy atom. The number of halogens is 1. The molecule has 1 atom stereocenters. The van der Waals surface area contributed by atoms with E-state index in [0.717, 1.165) is 37.9 Å². The van der Waals surface area contributed by atoms with Gasteiger partial charge in [0.25, 0.3) is 0 Å². The van der Waals surface area contributed by atoms with E-state index in [1.165, 1.54) is 6.26 Å². The van der Waals surface area contributed by atoms with Gasteiger partial charge in [-0.1, -0.05) is 12.1 Å². The van der Waals surface area contributed by atoms with Gasteiger partial charge in [0.05, 0.1) is 10.9 Å². The van der Waals surface area contributed by atoms with Crippen molar-refractivity contribution < 1.29 is 13.2 Å². The van der Waals surface area contributed by atoms with Crippen molar-refractivity contribution in [2.24, 2.45) is 5.92 Å². The molecular weight excluding hydrogens is 348 g/mol. The zero-order valence-electron chi connectivity index (χ0n) is 14.2. The van der Waals surface area contributed by atoms with Crippen LogP contribution in [-0.2, 0) is 14.6 Å². The number of carbonyl (C=O) groups excluding carboxylic acids is 1. The summed E-state index contributed by atoms with van der Waals surface area (Å²) in [7, 11) is -3.18. The molecule has 1 saturated heterocycles. The van der Waals surface area contributed by atoms with Gasteiger partial charge in [-0.2, -0.15) is 0 Å². The Labute approximate surface area is 150 Å². The Kier molecular flexibility index (Phi) is 8.19. The summed E-state index contributed by atoms with van der Waals surface area (Å²) in [5.41, 5.74) is 0.910. The number of nitrogens with one attached hydrogen (secondary N) is 2. The van der Waals surface area contributed by atoms with Gasteiger partial charge in [-0.3, -0.25) is 4.79 Å². The third-order valence-electron chi connectivity index (χ3n) is 4.42. The van der Waals surface area contributed by atoms with Crippen LogP contribution in [0.1, 0.15) is 44.2 Å². The second kappa shape index (κ2) is 9.39. The van der Waals surface area contributed by atoms with E-state index >= 15 is 0 Å². The molecule has 0 saturated carbocycles. The molecule has 0 spiro atoms. The van der Waals surface area contributed by atoms with Gasteiger partial charge in [0.2, 0.25) is 5.91 Å². The van der Waals surface area contributed by atoms with E-state index < -0.39 is 9.84 Å². The van der Waals surface area contributed by atoms with Gasteiger partial charge in [-0.15, -0.1) is 12.4 Å². The molecule has 1 fully saturated rings. The topological polar surface area (TPSA) is 75.3 Å². The molecule has 0 bridgehead atoms. The van der Waals surface area contributed by atoms with Crippen LogP contribution in [0.25, 0.3) is 0 Å². The van der Waals surface area contributed by atoms with E-state index in [-0.39, 0.29) is 24.4 Å². The third kappa shape index (κ3) is 6.42. The Morgan fingerprint density at radius 2 is 1.83 bits per heavy atom. The lowest BCUT2D eigenvalue weighted by Crippen LogP contribution is -2.30. The molecule has 1 aromatic rings. The standard InChI is InChI=1S/C17H26N2O3S.ClH/c1-13(15-4-6-16(7-5-15)23(2,21)22)19-17(20)8-3-14-9-11-18-12-10-14;/h4-7,13-14,18H,3,8-12H2,1-2H3,(H,19,20);1H. The highest BCUT2D eigenvalue weighted by Crippen LogP contribution is 2.19. The van der Waals surface area contributed by atoms with Gasteiger partial charge >= 0.3 is 0 Å². The van der Waals surface area contributed by atoms with Gasteiger partial charge in [0, 0.05) is 12.7 Å². The maximum Gasteiger partial charge on any atom is 0.220 e. The highest BCUT2D eigenvalue weighted by atomic mass is 35.5. The molecule has 0 aromatic heterocycles. The third-order valence-corrected chi connectivity index (χ3v) is 5.55. The Morgan fingerprint density at radius 3 is 2.38 bits per heavy atom. The zero-order chi connectivity index (χ0) is 16.9. The molecular formula is C17H27ClN2O3S. The predicted molar refractivity (Wildman–Crippen MR) is 98.2 cm³/mol. The Hall–Kier alpha value is -1.11. The van der Waals surface area contributed by atoms with Crippen LogP contribution < -0.4 is 10.6 Å². The van der Waals surface area contributed by atoms with Crippen LogP contribution in [0.4, 0.5) is 0 Å². The summed E-state index contributed by atoms with van der Waals surface area (Å²) in [5, 5.41) is 6.32. The average Bonchev–Trinajstić information content (AvgIpc) is 2.53. The normalized spacial score (nSPS) is 16.9. The van der Waals surface area contributed by atoms with Crippen LogP contribution >= 0.6 is 12.4 Å². The molecule has 0 radical (unpaired) electrons. The van der Waals surface area contributed by atoms with Crippen LogP contribution in [0.5, 0.6) is 0 Å². The first-order valence-corrected chi connectivity index (χ1v) is 10.1. The number of piperidine rings is 1. The Bertz CT molecular complexity index is 626. The molecule has 7 heteroatoms. The van der Waals surface area contributed by atoms with Crippen LogP contribution in [0.3, 0.4) is 0 Å². The van der Waals surface area contributed by atoms with E-state index in [1.54, 1.807) is 24.3 Å². The van der Waals surface area contributed by atoms with Crippen molar-refractivity contribution in [2.75, 3.05) is 19.3 Å². The first-order chi connectivity index (χ1) is 10.9. The fourth-order valence-electron chi connectivity index (χ4n) is 2.91. The van der Waals surface area contributed by atoms with E-state index in [0.29, 0.717) is 17.2 Å². The summed E-state index contributed by atoms with van der Waals surface area (Å²) in [6.07, 6.45) is 4.98. The smallest absolute Gasteiger partial charge is 0.220 e. The maximum atomic E-state index is 12.1. The number of benzene rings is 1. The van der Waals surface area contributed by atoms with Gasteiger partial charge in [-0.25, -0.2) is 8.42 Å². The lowest BCUT2D eigenvalue weighted by molar-refractivity contribution is -0.122. The second-order valence-corrected chi connectivity index (χ2v) is 8.38. The quantitative estimate of drug-likeness (QED) is 0.802. The fraction of sp³-hybridized carbons (Fsp3) is 0.588. The molecule has 0 aliphatic carbocycles. The van der Waals surface area contributed by atoms with Crippen LogP contribution in [-0.4, -0.2) is 33.7 Å². The minimum atomic E-state index is -3.18. The summed E-state index contributed by atoms with van der Waals surface area (Å²) < 4.78 is 22.9. The number of sulfone groups is 1. The summed E-state index contributed by atoms with van der Waals surface area (Å²) in [5.74, 6) is 0.703. The number of hydrogen-bond acceptors (Lipinski definition) is 4. The molecule has 2 rings (SSSR count). The average molecular weight is 375 g/mol. The van der Waals surface area contributed by atoms with Gasteiger partial charge in [0.15, 0.2) is 9.84 Å². The van der Waals surface area contributed by atoms with E-state index in [9.17, 15) is 13.2 Å². The number of amides is 1. The lowest BCUT2D eigenvalue weighted by Gasteiger charge is -2.22. The highest BCUT2D eigenvalue weighted by molar-refractivity contribution is 7.90.